The molecule has 0 radical (unpaired) electrons. The summed E-state index contributed by atoms with van der Waals surface area (Å²) >= 11 is 7.65. The number of nitrogens with zero attached hydrogens (tertiary/aromatic N) is 4. The minimum Gasteiger partial charge on any atom is -0.352 e. The van der Waals surface area contributed by atoms with Gasteiger partial charge in [-0.05, 0) is 41.3 Å². The summed E-state index contributed by atoms with van der Waals surface area (Å²) in [6.07, 6.45) is 2.92. The SMILES string of the molecule is O=C(NCc1ccc(N2CCc3ccccc3C2)nc1)N1CCN(Cc2ccc(Cl)s2)CC1. The predicted octanol–water partition coefficient (Wildman–Crippen LogP) is 4.39. The summed E-state index contributed by atoms with van der Waals surface area (Å²) in [6, 6.07) is 16.8. The summed E-state index contributed by atoms with van der Waals surface area (Å²) in [5, 5.41) is 3.05. The molecule has 172 valence electrons. The normalized spacial score (nSPS) is 16.5. The molecule has 1 N–H and O–H groups in total. The number of carbonyl (C=O) groups is 1. The fourth-order valence-electron chi connectivity index (χ4n) is 4.46. The van der Waals surface area contributed by atoms with E-state index in [1.807, 2.05) is 17.2 Å². The van der Waals surface area contributed by atoms with E-state index in [0.29, 0.717) is 6.54 Å². The van der Waals surface area contributed by atoms with Crippen LogP contribution in [-0.2, 0) is 26.1 Å². The molecule has 33 heavy (non-hydrogen) atoms. The van der Waals surface area contributed by atoms with Gasteiger partial charge in [0.05, 0.1) is 4.34 Å². The highest BCUT2D eigenvalue weighted by Gasteiger charge is 2.21. The zero-order valence-electron chi connectivity index (χ0n) is 18.5. The first kappa shape index (κ1) is 22.2. The molecule has 0 unspecified atom stereocenters. The van der Waals surface area contributed by atoms with Crippen molar-refractivity contribution < 1.29 is 4.79 Å². The number of carbonyl (C=O) groups excluding carboxylic acids is 1. The van der Waals surface area contributed by atoms with Crippen molar-refractivity contribution in [3.8, 4) is 0 Å². The van der Waals surface area contributed by atoms with E-state index in [4.69, 9.17) is 11.6 Å². The molecule has 0 bridgehead atoms. The van der Waals surface area contributed by atoms with Crippen molar-refractivity contribution in [3.05, 3.63) is 80.6 Å². The van der Waals surface area contributed by atoms with Crippen LogP contribution >= 0.6 is 22.9 Å². The van der Waals surface area contributed by atoms with Crippen LogP contribution in [0.25, 0.3) is 0 Å². The zero-order chi connectivity index (χ0) is 22.6. The van der Waals surface area contributed by atoms with Gasteiger partial charge in [-0.1, -0.05) is 41.9 Å². The first-order chi connectivity index (χ1) is 16.1. The van der Waals surface area contributed by atoms with Crippen molar-refractivity contribution in [2.75, 3.05) is 37.6 Å². The number of thiophene rings is 1. The van der Waals surface area contributed by atoms with Crippen LogP contribution in [0.15, 0.2) is 54.7 Å². The van der Waals surface area contributed by atoms with Gasteiger partial charge in [0.2, 0.25) is 0 Å². The van der Waals surface area contributed by atoms with Crippen molar-refractivity contribution in [2.45, 2.75) is 26.1 Å². The monoisotopic (exact) mass is 481 g/mol. The van der Waals surface area contributed by atoms with E-state index in [-0.39, 0.29) is 6.03 Å². The third-order valence-corrected chi connectivity index (χ3v) is 7.59. The molecule has 0 saturated carbocycles. The summed E-state index contributed by atoms with van der Waals surface area (Å²) < 4.78 is 0.826. The molecule has 0 spiro atoms. The second-order valence-electron chi connectivity index (χ2n) is 8.59. The Morgan fingerprint density at radius 3 is 2.55 bits per heavy atom. The number of hydrogen-bond donors (Lipinski definition) is 1. The zero-order valence-corrected chi connectivity index (χ0v) is 20.1. The number of pyridine rings is 1. The molecule has 8 heteroatoms. The van der Waals surface area contributed by atoms with Gasteiger partial charge in [0.15, 0.2) is 0 Å². The summed E-state index contributed by atoms with van der Waals surface area (Å²) in [5.41, 5.74) is 3.82. The van der Waals surface area contributed by atoms with Crippen LogP contribution in [0.1, 0.15) is 21.6 Å². The van der Waals surface area contributed by atoms with Crippen LogP contribution in [0, 0.1) is 0 Å². The second kappa shape index (κ2) is 10.1. The third-order valence-electron chi connectivity index (χ3n) is 6.38. The third kappa shape index (κ3) is 5.49. The van der Waals surface area contributed by atoms with E-state index in [1.165, 1.54) is 16.0 Å². The standard InChI is InChI=1S/C25H28ClN5OS/c26-23-7-6-22(33-23)18-29-11-13-30(14-12-29)25(32)28-16-19-5-8-24(27-15-19)31-10-9-20-3-1-2-4-21(20)17-31/h1-8,15H,9-14,16-18H2,(H,28,32). The Morgan fingerprint density at radius 1 is 1.00 bits per heavy atom. The highest BCUT2D eigenvalue weighted by atomic mass is 35.5. The van der Waals surface area contributed by atoms with Gasteiger partial charge in [-0.15, -0.1) is 11.3 Å². The minimum atomic E-state index is -0.00877. The Bertz CT molecular complexity index is 1090. The number of anilines is 1. The smallest absolute Gasteiger partial charge is 0.317 e. The minimum absolute atomic E-state index is 0.00877. The molecule has 5 rings (SSSR count). The van der Waals surface area contributed by atoms with Crippen LogP contribution < -0.4 is 10.2 Å². The first-order valence-corrected chi connectivity index (χ1v) is 12.6. The number of piperazine rings is 1. The number of hydrogen-bond acceptors (Lipinski definition) is 5. The van der Waals surface area contributed by atoms with Crippen molar-refractivity contribution in [1.82, 2.24) is 20.1 Å². The lowest BCUT2D eigenvalue weighted by Crippen LogP contribution is -2.51. The highest BCUT2D eigenvalue weighted by molar-refractivity contribution is 7.16. The first-order valence-electron chi connectivity index (χ1n) is 11.4. The number of urea groups is 1. The Kier molecular flexibility index (Phi) is 6.80. The fourth-order valence-corrected chi connectivity index (χ4v) is 5.59. The number of benzene rings is 1. The number of aromatic nitrogens is 1. The van der Waals surface area contributed by atoms with Crippen molar-refractivity contribution in [1.29, 1.82) is 0 Å². The molecule has 2 aromatic heterocycles. The number of rotatable bonds is 5. The Labute approximate surface area is 203 Å². The van der Waals surface area contributed by atoms with Crippen LogP contribution in [0.3, 0.4) is 0 Å². The van der Waals surface area contributed by atoms with Crippen LogP contribution in [0.5, 0.6) is 0 Å². The fraction of sp³-hybridized carbons (Fsp3) is 0.360. The topological polar surface area (TPSA) is 51.7 Å². The van der Waals surface area contributed by atoms with Gasteiger partial charge >= 0.3 is 6.03 Å². The average Bonchev–Trinajstić information content (AvgIpc) is 3.27. The van der Waals surface area contributed by atoms with Crippen molar-refractivity contribution >= 4 is 34.8 Å². The average molecular weight is 482 g/mol. The van der Waals surface area contributed by atoms with Crippen LogP contribution in [0.2, 0.25) is 4.34 Å². The molecular weight excluding hydrogens is 454 g/mol. The molecule has 3 aromatic rings. The summed E-state index contributed by atoms with van der Waals surface area (Å²) in [7, 11) is 0. The largest absolute Gasteiger partial charge is 0.352 e. The lowest BCUT2D eigenvalue weighted by molar-refractivity contribution is 0.135. The molecule has 0 aliphatic carbocycles. The highest BCUT2D eigenvalue weighted by Crippen LogP contribution is 2.24. The molecule has 4 heterocycles. The number of halogens is 1. The van der Waals surface area contributed by atoms with E-state index >= 15 is 0 Å². The van der Waals surface area contributed by atoms with Gasteiger partial charge in [0.1, 0.15) is 5.82 Å². The maximum Gasteiger partial charge on any atom is 0.317 e. The lowest BCUT2D eigenvalue weighted by Gasteiger charge is -2.34. The second-order valence-corrected chi connectivity index (χ2v) is 10.4. The Balaban J connectivity index is 1.08. The molecule has 0 atom stereocenters. The van der Waals surface area contributed by atoms with E-state index in [9.17, 15) is 4.79 Å². The number of fused-ring (bicyclic) bond motifs is 1. The molecule has 2 amide bonds. The van der Waals surface area contributed by atoms with Crippen LogP contribution in [-0.4, -0.2) is 53.5 Å². The van der Waals surface area contributed by atoms with Crippen LogP contribution in [0.4, 0.5) is 10.6 Å². The number of nitrogens with one attached hydrogen (secondary N) is 1. The summed E-state index contributed by atoms with van der Waals surface area (Å²) in [4.78, 5) is 25.1. The predicted molar refractivity (Wildman–Crippen MR) is 134 cm³/mol. The molecule has 2 aliphatic heterocycles. The van der Waals surface area contributed by atoms with Gasteiger partial charge < -0.3 is 15.1 Å². The van der Waals surface area contributed by atoms with E-state index in [2.05, 4.69) is 62.6 Å². The van der Waals surface area contributed by atoms with Gasteiger partial charge in [-0.2, -0.15) is 0 Å². The number of amides is 2. The van der Waals surface area contributed by atoms with Gasteiger partial charge in [-0.25, -0.2) is 9.78 Å². The molecule has 1 saturated heterocycles. The van der Waals surface area contributed by atoms with E-state index in [0.717, 1.165) is 68.0 Å². The summed E-state index contributed by atoms with van der Waals surface area (Å²) in [5.74, 6) is 0.989. The van der Waals surface area contributed by atoms with Gasteiger partial charge in [0, 0.05) is 63.4 Å². The maximum absolute atomic E-state index is 12.6. The van der Waals surface area contributed by atoms with Crippen molar-refractivity contribution in [2.24, 2.45) is 0 Å². The Hall–Kier alpha value is -2.61. The molecule has 1 fully saturated rings. The Morgan fingerprint density at radius 2 is 1.82 bits per heavy atom. The summed E-state index contributed by atoms with van der Waals surface area (Å²) in [6.45, 7) is 6.47. The van der Waals surface area contributed by atoms with Gasteiger partial charge in [0.25, 0.3) is 0 Å². The maximum atomic E-state index is 12.6. The molecule has 1 aromatic carbocycles. The molecular formula is C25H28ClN5OS. The molecule has 6 nitrogen and oxygen atoms in total. The molecule has 2 aliphatic rings. The van der Waals surface area contributed by atoms with E-state index < -0.39 is 0 Å². The van der Waals surface area contributed by atoms with Gasteiger partial charge in [-0.3, -0.25) is 4.90 Å². The quantitative estimate of drug-likeness (QED) is 0.587. The van der Waals surface area contributed by atoms with Crippen molar-refractivity contribution in [3.63, 3.8) is 0 Å². The van der Waals surface area contributed by atoms with E-state index in [1.54, 1.807) is 11.3 Å². The lowest BCUT2D eigenvalue weighted by atomic mass is 10.00.